The minimum Gasteiger partial charge on any atom is -0.506 e. The second kappa shape index (κ2) is 6.13. The van der Waals surface area contributed by atoms with Gasteiger partial charge in [0.05, 0.1) is 9.92 Å². The van der Waals surface area contributed by atoms with E-state index in [-0.39, 0.29) is 22.2 Å². The number of sulfone groups is 1. The molecule has 0 atom stereocenters. The zero-order valence-corrected chi connectivity index (χ0v) is 13.4. The van der Waals surface area contributed by atoms with Crippen LogP contribution in [0.5, 0.6) is 5.75 Å². The van der Waals surface area contributed by atoms with Gasteiger partial charge in [-0.1, -0.05) is 29.3 Å². The summed E-state index contributed by atoms with van der Waals surface area (Å²) >= 11 is 11.7. The van der Waals surface area contributed by atoms with E-state index in [9.17, 15) is 13.5 Å². The van der Waals surface area contributed by atoms with Crippen molar-refractivity contribution in [3.63, 3.8) is 0 Å². The Morgan fingerprint density at radius 3 is 2.57 bits per heavy atom. The maximum absolute atomic E-state index is 11.5. The first-order valence-electron chi connectivity index (χ1n) is 5.98. The molecule has 2 aromatic carbocycles. The van der Waals surface area contributed by atoms with Crippen LogP contribution < -0.4 is 5.32 Å². The second-order valence-electron chi connectivity index (χ2n) is 4.55. The topological polar surface area (TPSA) is 66.4 Å². The Morgan fingerprint density at radius 2 is 1.90 bits per heavy atom. The molecule has 0 fully saturated rings. The number of hydrogen-bond donors (Lipinski definition) is 2. The number of aromatic hydroxyl groups is 1. The molecular weight excluding hydrogens is 333 g/mol. The molecular formula is C14H13Cl2NO3S. The van der Waals surface area contributed by atoms with Crippen molar-refractivity contribution in [3.8, 4) is 5.75 Å². The fourth-order valence-corrected chi connectivity index (χ4v) is 2.99. The number of phenols is 1. The molecule has 0 saturated heterocycles. The van der Waals surface area contributed by atoms with Crippen LogP contribution in [0.3, 0.4) is 0 Å². The molecule has 0 aromatic heterocycles. The van der Waals surface area contributed by atoms with Crippen LogP contribution in [-0.2, 0) is 16.4 Å². The van der Waals surface area contributed by atoms with Crippen molar-refractivity contribution >= 4 is 38.7 Å². The highest BCUT2D eigenvalue weighted by molar-refractivity contribution is 7.90. The standard InChI is InChI=1S/C14H13Cl2NO3S/c1-21(19,20)12-4-2-3-11(7-12)17-8-9-5-10(15)6-13(16)14(9)18/h2-7,17-18H,8H2,1H3. The first-order chi connectivity index (χ1) is 9.77. The summed E-state index contributed by atoms with van der Waals surface area (Å²) in [6, 6.07) is 9.47. The smallest absolute Gasteiger partial charge is 0.175 e. The highest BCUT2D eigenvalue weighted by Crippen LogP contribution is 2.31. The molecule has 0 amide bonds. The highest BCUT2D eigenvalue weighted by Gasteiger charge is 2.10. The molecule has 0 spiro atoms. The average Bonchev–Trinajstić information content (AvgIpc) is 2.40. The third kappa shape index (κ3) is 4.03. The molecule has 2 N–H and O–H groups in total. The number of benzene rings is 2. The molecule has 0 heterocycles. The zero-order valence-electron chi connectivity index (χ0n) is 11.1. The van der Waals surface area contributed by atoms with Crippen LogP contribution in [-0.4, -0.2) is 19.8 Å². The molecule has 2 rings (SSSR count). The van der Waals surface area contributed by atoms with Crippen molar-refractivity contribution in [2.24, 2.45) is 0 Å². The summed E-state index contributed by atoms with van der Waals surface area (Å²) in [5, 5.41) is 13.5. The van der Waals surface area contributed by atoms with Gasteiger partial charge in [-0.05, 0) is 30.3 Å². The van der Waals surface area contributed by atoms with E-state index in [1.54, 1.807) is 18.2 Å². The Balaban J connectivity index is 2.21. The summed E-state index contributed by atoms with van der Waals surface area (Å²) in [5.74, 6) is -0.0483. The van der Waals surface area contributed by atoms with Gasteiger partial charge in [-0.3, -0.25) is 0 Å². The Labute approximate surface area is 133 Å². The van der Waals surface area contributed by atoms with Crippen molar-refractivity contribution < 1.29 is 13.5 Å². The van der Waals surface area contributed by atoms with Gasteiger partial charge in [-0.15, -0.1) is 0 Å². The van der Waals surface area contributed by atoms with Crippen molar-refractivity contribution in [3.05, 3.63) is 52.0 Å². The van der Waals surface area contributed by atoms with Gasteiger partial charge in [0.2, 0.25) is 0 Å². The minimum absolute atomic E-state index is 0.0483. The van der Waals surface area contributed by atoms with Crippen molar-refractivity contribution in [2.75, 3.05) is 11.6 Å². The number of rotatable bonds is 4. The van der Waals surface area contributed by atoms with E-state index in [0.29, 0.717) is 16.3 Å². The number of halogens is 2. The summed E-state index contributed by atoms with van der Waals surface area (Å²) in [5.41, 5.74) is 1.14. The largest absolute Gasteiger partial charge is 0.506 e. The summed E-state index contributed by atoms with van der Waals surface area (Å²) in [6.07, 6.45) is 1.15. The fraction of sp³-hybridized carbons (Fsp3) is 0.143. The maximum atomic E-state index is 11.5. The Morgan fingerprint density at radius 1 is 1.19 bits per heavy atom. The zero-order chi connectivity index (χ0) is 15.6. The number of phenolic OH excluding ortho intramolecular Hbond substituents is 1. The Hall–Kier alpha value is -1.43. The Bertz CT molecular complexity index is 776. The van der Waals surface area contributed by atoms with Gasteiger partial charge in [0.15, 0.2) is 9.84 Å². The fourth-order valence-electron chi connectivity index (χ4n) is 1.79. The van der Waals surface area contributed by atoms with Crippen molar-refractivity contribution in [1.82, 2.24) is 0 Å². The van der Waals surface area contributed by atoms with Crippen LogP contribution in [0.15, 0.2) is 41.3 Å². The van der Waals surface area contributed by atoms with Crippen molar-refractivity contribution in [2.45, 2.75) is 11.4 Å². The average molecular weight is 346 g/mol. The van der Waals surface area contributed by atoms with Crippen LogP contribution >= 0.6 is 23.2 Å². The van der Waals surface area contributed by atoms with E-state index < -0.39 is 9.84 Å². The molecule has 0 aliphatic carbocycles. The lowest BCUT2D eigenvalue weighted by atomic mass is 10.2. The molecule has 7 heteroatoms. The van der Waals surface area contributed by atoms with Gasteiger partial charge in [0.25, 0.3) is 0 Å². The number of nitrogens with one attached hydrogen (secondary N) is 1. The maximum Gasteiger partial charge on any atom is 0.175 e. The molecule has 21 heavy (non-hydrogen) atoms. The predicted octanol–water partition coefficient (Wildman–Crippen LogP) is 3.71. The van der Waals surface area contributed by atoms with Crippen LogP contribution in [0, 0.1) is 0 Å². The van der Waals surface area contributed by atoms with Gasteiger partial charge < -0.3 is 10.4 Å². The first kappa shape index (κ1) is 15.9. The summed E-state index contributed by atoms with van der Waals surface area (Å²) in [7, 11) is -3.26. The summed E-state index contributed by atoms with van der Waals surface area (Å²) < 4.78 is 23.0. The lowest BCUT2D eigenvalue weighted by Crippen LogP contribution is -2.02. The van der Waals surface area contributed by atoms with Gasteiger partial charge >= 0.3 is 0 Å². The van der Waals surface area contributed by atoms with Crippen LogP contribution in [0.25, 0.3) is 0 Å². The normalized spacial score (nSPS) is 11.4. The minimum atomic E-state index is -3.26. The molecule has 0 unspecified atom stereocenters. The SMILES string of the molecule is CS(=O)(=O)c1cccc(NCc2cc(Cl)cc(Cl)c2O)c1. The monoisotopic (exact) mass is 345 g/mol. The molecule has 0 bridgehead atoms. The quantitative estimate of drug-likeness (QED) is 0.886. The van der Waals surface area contributed by atoms with E-state index in [4.69, 9.17) is 23.2 Å². The molecule has 0 aliphatic heterocycles. The van der Waals surface area contributed by atoms with Gasteiger partial charge in [0, 0.05) is 29.1 Å². The highest BCUT2D eigenvalue weighted by atomic mass is 35.5. The van der Waals surface area contributed by atoms with E-state index in [1.807, 2.05) is 0 Å². The van der Waals surface area contributed by atoms with E-state index >= 15 is 0 Å². The second-order valence-corrected chi connectivity index (χ2v) is 7.41. The lowest BCUT2D eigenvalue weighted by Gasteiger charge is -2.10. The molecule has 4 nitrogen and oxygen atoms in total. The Kier molecular flexibility index (Phi) is 4.66. The van der Waals surface area contributed by atoms with Crippen LogP contribution in [0.4, 0.5) is 5.69 Å². The molecule has 112 valence electrons. The van der Waals surface area contributed by atoms with E-state index in [1.165, 1.54) is 18.2 Å². The molecule has 0 saturated carbocycles. The van der Waals surface area contributed by atoms with E-state index in [0.717, 1.165) is 6.26 Å². The molecule has 0 aliphatic rings. The number of hydrogen-bond acceptors (Lipinski definition) is 4. The van der Waals surface area contributed by atoms with E-state index in [2.05, 4.69) is 5.32 Å². The third-order valence-electron chi connectivity index (χ3n) is 2.85. The lowest BCUT2D eigenvalue weighted by molar-refractivity contribution is 0.469. The summed E-state index contributed by atoms with van der Waals surface area (Å²) in [4.78, 5) is 0.223. The van der Waals surface area contributed by atoms with Gasteiger partial charge in [0.1, 0.15) is 5.75 Å². The van der Waals surface area contributed by atoms with Gasteiger partial charge in [-0.2, -0.15) is 0 Å². The first-order valence-corrected chi connectivity index (χ1v) is 8.63. The van der Waals surface area contributed by atoms with Crippen molar-refractivity contribution in [1.29, 1.82) is 0 Å². The van der Waals surface area contributed by atoms with Crippen LogP contribution in [0.2, 0.25) is 10.0 Å². The van der Waals surface area contributed by atoms with Gasteiger partial charge in [-0.25, -0.2) is 8.42 Å². The third-order valence-corrected chi connectivity index (χ3v) is 4.47. The predicted molar refractivity (Wildman–Crippen MR) is 85.0 cm³/mol. The number of anilines is 1. The summed E-state index contributed by atoms with van der Waals surface area (Å²) in [6.45, 7) is 0.263. The molecule has 0 radical (unpaired) electrons. The molecule has 2 aromatic rings. The van der Waals surface area contributed by atoms with Crippen LogP contribution in [0.1, 0.15) is 5.56 Å².